The minimum Gasteiger partial charge on any atom is -0.328 e. The van der Waals surface area contributed by atoms with Crippen molar-refractivity contribution in [2.75, 3.05) is 0 Å². The third kappa shape index (κ3) is 3.72. The molecule has 0 spiro atoms. The molecule has 1 heterocycles. The molecule has 2 N–H and O–H groups in total. The largest absolute Gasteiger partial charge is 0.406 e. The molecular weight excluding hydrogens is 267 g/mol. The molecule has 0 bridgehead atoms. The van der Waals surface area contributed by atoms with Crippen molar-refractivity contribution in [1.82, 2.24) is 9.55 Å². The number of imidazole rings is 1. The van der Waals surface area contributed by atoms with Crippen LogP contribution in [0.3, 0.4) is 0 Å². The van der Waals surface area contributed by atoms with Crippen LogP contribution in [-0.4, -0.2) is 21.8 Å². The number of benzene rings is 1. The molecule has 0 saturated heterocycles. The van der Waals surface area contributed by atoms with Gasteiger partial charge < -0.3 is 10.3 Å². The SMILES string of the molecule is CC(N)CCCc1nc2ccccc2n1CC(F)(F)F. The first-order chi connectivity index (χ1) is 9.37. The van der Waals surface area contributed by atoms with E-state index in [1.807, 2.05) is 6.92 Å². The van der Waals surface area contributed by atoms with Crippen molar-refractivity contribution >= 4 is 11.0 Å². The quantitative estimate of drug-likeness (QED) is 0.916. The lowest BCUT2D eigenvalue weighted by atomic mass is 10.1. The van der Waals surface area contributed by atoms with Gasteiger partial charge in [-0.1, -0.05) is 12.1 Å². The van der Waals surface area contributed by atoms with Crippen LogP contribution in [0.15, 0.2) is 24.3 Å². The van der Waals surface area contributed by atoms with E-state index in [9.17, 15) is 13.2 Å². The van der Waals surface area contributed by atoms with Crippen LogP contribution in [0.4, 0.5) is 13.2 Å². The Morgan fingerprint density at radius 3 is 2.65 bits per heavy atom. The number of aryl methyl sites for hydroxylation is 1. The van der Waals surface area contributed by atoms with Crippen LogP contribution in [-0.2, 0) is 13.0 Å². The number of alkyl halides is 3. The summed E-state index contributed by atoms with van der Waals surface area (Å²) in [6.45, 7) is 0.889. The Balaban J connectivity index is 2.29. The van der Waals surface area contributed by atoms with E-state index in [4.69, 9.17) is 5.73 Å². The number of aromatic nitrogens is 2. The first kappa shape index (κ1) is 14.8. The molecule has 20 heavy (non-hydrogen) atoms. The lowest BCUT2D eigenvalue weighted by molar-refractivity contribution is -0.140. The number of rotatable bonds is 5. The molecule has 0 fully saturated rings. The summed E-state index contributed by atoms with van der Waals surface area (Å²) in [6, 6.07) is 6.96. The molecule has 0 saturated carbocycles. The zero-order valence-electron chi connectivity index (χ0n) is 11.3. The van der Waals surface area contributed by atoms with Crippen LogP contribution in [0.25, 0.3) is 11.0 Å². The lowest BCUT2D eigenvalue weighted by Crippen LogP contribution is -2.20. The van der Waals surface area contributed by atoms with Gasteiger partial charge in [-0.15, -0.1) is 0 Å². The highest BCUT2D eigenvalue weighted by molar-refractivity contribution is 5.75. The molecule has 1 unspecified atom stereocenters. The van der Waals surface area contributed by atoms with Crippen LogP contribution < -0.4 is 5.73 Å². The van der Waals surface area contributed by atoms with Crippen molar-refractivity contribution in [2.24, 2.45) is 5.73 Å². The van der Waals surface area contributed by atoms with Gasteiger partial charge in [0.05, 0.1) is 11.0 Å². The van der Waals surface area contributed by atoms with Gasteiger partial charge in [0.15, 0.2) is 0 Å². The summed E-state index contributed by atoms with van der Waals surface area (Å²) in [6.07, 6.45) is -2.24. The van der Waals surface area contributed by atoms with Crippen LogP contribution in [0.5, 0.6) is 0 Å². The van der Waals surface area contributed by atoms with Crippen LogP contribution in [0, 0.1) is 0 Å². The van der Waals surface area contributed by atoms with Crippen LogP contribution in [0.1, 0.15) is 25.6 Å². The van der Waals surface area contributed by atoms with Crippen LogP contribution in [0.2, 0.25) is 0 Å². The molecule has 2 aromatic rings. The molecule has 6 heteroatoms. The summed E-state index contributed by atoms with van der Waals surface area (Å²) in [4.78, 5) is 4.32. The lowest BCUT2D eigenvalue weighted by Gasteiger charge is -2.12. The van der Waals surface area contributed by atoms with Gasteiger partial charge >= 0.3 is 6.18 Å². The molecule has 1 aromatic heterocycles. The van der Waals surface area contributed by atoms with Crippen molar-refractivity contribution in [3.63, 3.8) is 0 Å². The highest BCUT2D eigenvalue weighted by Gasteiger charge is 2.30. The minimum absolute atomic E-state index is 0.0513. The number of para-hydroxylation sites is 2. The molecule has 0 amide bonds. The monoisotopic (exact) mass is 285 g/mol. The number of hydrogen-bond donors (Lipinski definition) is 1. The molecule has 1 atom stereocenters. The highest BCUT2D eigenvalue weighted by Crippen LogP contribution is 2.24. The zero-order chi connectivity index (χ0) is 14.8. The predicted molar refractivity (Wildman–Crippen MR) is 72.4 cm³/mol. The molecule has 0 aliphatic rings. The van der Waals surface area contributed by atoms with E-state index in [1.165, 1.54) is 4.57 Å². The maximum atomic E-state index is 12.7. The fraction of sp³-hybridized carbons (Fsp3) is 0.500. The van der Waals surface area contributed by atoms with E-state index in [2.05, 4.69) is 4.98 Å². The normalized spacial score (nSPS) is 13.8. The second-order valence-electron chi connectivity index (χ2n) is 5.09. The van der Waals surface area contributed by atoms with Gasteiger partial charge in [-0.3, -0.25) is 0 Å². The molecule has 110 valence electrons. The van der Waals surface area contributed by atoms with Crippen molar-refractivity contribution in [3.05, 3.63) is 30.1 Å². The number of nitrogens with two attached hydrogens (primary N) is 1. The molecule has 0 aliphatic heterocycles. The third-order valence-corrected chi connectivity index (χ3v) is 3.13. The van der Waals surface area contributed by atoms with Crippen molar-refractivity contribution in [2.45, 2.75) is 44.9 Å². The molecule has 2 rings (SSSR count). The molecule has 1 aromatic carbocycles. The number of hydrogen-bond acceptors (Lipinski definition) is 2. The average molecular weight is 285 g/mol. The Hall–Kier alpha value is -1.56. The Kier molecular flexibility index (Phi) is 4.32. The van der Waals surface area contributed by atoms with E-state index in [-0.39, 0.29) is 6.04 Å². The predicted octanol–water partition coefficient (Wildman–Crippen LogP) is 3.27. The van der Waals surface area contributed by atoms with Gasteiger partial charge in [0.1, 0.15) is 12.4 Å². The molecule has 0 aliphatic carbocycles. The van der Waals surface area contributed by atoms with E-state index >= 15 is 0 Å². The smallest absolute Gasteiger partial charge is 0.328 e. The summed E-state index contributed by atoms with van der Waals surface area (Å²) in [5.41, 5.74) is 6.80. The van der Waals surface area contributed by atoms with Crippen molar-refractivity contribution in [1.29, 1.82) is 0 Å². The average Bonchev–Trinajstić information content (AvgIpc) is 2.66. The summed E-state index contributed by atoms with van der Waals surface area (Å²) >= 11 is 0. The minimum atomic E-state index is -4.25. The molecule has 0 radical (unpaired) electrons. The first-order valence-electron chi connectivity index (χ1n) is 6.63. The van der Waals surface area contributed by atoms with E-state index in [0.717, 1.165) is 12.8 Å². The van der Waals surface area contributed by atoms with E-state index < -0.39 is 12.7 Å². The fourth-order valence-electron chi connectivity index (χ4n) is 2.25. The second-order valence-corrected chi connectivity index (χ2v) is 5.09. The summed E-state index contributed by atoms with van der Waals surface area (Å²) < 4.78 is 39.4. The fourth-order valence-corrected chi connectivity index (χ4v) is 2.25. The Morgan fingerprint density at radius 1 is 1.30 bits per heavy atom. The standard InChI is InChI=1S/C14H18F3N3/c1-10(18)5-4-8-13-19-11-6-2-3-7-12(11)20(13)9-14(15,16)17/h2-3,6-7,10H,4-5,8-9,18H2,1H3. The summed E-state index contributed by atoms with van der Waals surface area (Å²) in [5.74, 6) is 0.476. The van der Waals surface area contributed by atoms with Crippen LogP contribution >= 0.6 is 0 Å². The number of nitrogens with zero attached hydrogens (tertiary/aromatic N) is 2. The van der Waals surface area contributed by atoms with Gasteiger partial charge in [-0.25, -0.2) is 4.98 Å². The molecule has 3 nitrogen and oxygen atoms in total. The first-order valence-corrected chi connectivity index (χ1v) is 6.63. The maximum Gasteiger partial charge on any atom is 0.406 e. The van der Waals surface area contributed by atoms with Gasteiger partial charge in [-0.05, 0) is 31.9 Å². The highest BCUT2D eigenvalue weighted by atomic mass is 19.4. The van der Waals surface area contributed by atoms with Crippen molar-refractivity contribution in [3.8, 4) is 0 Å². The Morgan fingerprint density at radius 2 is 2.00 bits per heavy atom. The topological polar surface area (TPSA) is 43.8 Å². The number of halogens is 3. The van der Waals surface area contributed by atoms with E-state index in [0.29, 0.717) is 23.3 Å². The van der Waals surface area contributed by atoms with Gasteiger partial charge in [0.2, 0.25) is 0 Å². The van der Waals surface area contributed by atoms with Crippen molar-refractivity contribution < 1.29 is 13.2 Å². The molecular formula is C14H18F3N3. The second kappa shape index (κ2) is 5.83. The maximum absolute atomic E-state index is 12.7. The summed E-state index contributed by atoms with van der Waals surface area (Å²) in [5, 5.41) is 0. The van der Waals surface area contributed by atoms with Gasteiger partial charge in [-0.2, -0.15) is 13.2 Å². The Labute approximate surface area is 115 Å². The summed E-state index contributed by atoms with van der Waals surface area (Å²) in [7, 11) is 0. The van der Waals surface area contributed by atoms with E-state index in [1.54, 1.807) is 24.3 Å². The third-order valence-electron chi connectivity index (χ3n) is 3.13. The van der Waals surface area contributed by atoms with Gasteiger partial charge in [0, 0.05) is 12.5 Å². The Bertz CT molecular complexity index is 573. The number of fused-ring (bicyclic) bond motifs is 1. The zero-order valence-corrected chi connectivity index (χ0v) is 11.3. The van der Waals surface area contributed by atoms with Gasteiger partial charge in [0.25, 0.3) is 0 Å².